The highest BCUT2D eigenvalue weighted by Gasteiger charge is 2.30. The van der Waals surface area contributed by atoms with Gasteiger partial charge in [-0.05, 0) is 6.08 Å². The van der Waals surface area contributed by atoms with E-state index in [4.69, 9.17) is 10.2 Å². The Hall–Kier alpha value is -2.77. The maximum Gasteiger partial charge on any atom is 0.376 e. The molecule has 1 heterocycles. The van der Waals surface area contributed by atoms with Gasteiger partial charge in [-0.2, -0.15) is 0 Å². The Bertz CT molecular complexity index is 514. The average molecular weight is 253 g/mol. The molecule has 1 rings (SSSR count). The van der Waals surface area contributed by atoms with Gasteiger partial charge < -0.3 is 15.5 Å². The third-order valence-corrected chi connectivity index (χ3v) is 2.01. The van der Waals surface area contributed by atoms with Crippen molar-refractivity contribution in [3.8, 4) is 0 Å². The van der Waals surface area contributed by atoms with Crippen molar-refractivity contribution in [2.45, 2.75) is 0 Å². The summed E-state index contributed by atoms with van der Waals surface area (Å²) in [5, 5.41) is 18.8. The largest absolute Gasteiger partial charge is 0.477 e. The van der Waals surface area contributed by atoms with Crippen molar-refractivity contribution in [1.82, 2.24) is 5.32 Å². The molecule has 1 unspecified atom stereocenters. The van der Waals surface area contributed by atoms with Gasteiger partial charge in [0.05, 0.1) is 0 Å². The van der Waals surface area contributed by atoms with Gasteiger partial charge in [0.2, 0.25) is 5.91 Å². The lowest BCUT2D eigenvalue weighted by molar-refractivity contribution is -0.146. The van der Waals surface area contributed by atoms with E-state index < -0.39 is 41.0 Å². The Balaban J connectivity index is 2.90. The third-order valence-electron chi connectivity index (χ3n) is 2.01. The second-order valence-electron chi connectivity index (χ2n) is 3.26. The first-order valence-corrected chi connectivity index (χ1v) is 4.58. The third kappa shape index (κ3) is 2.88. The summed E-state index contributed by atoms with van der Waals surface area (Å²) in [7, 11) is 0. The summed E-state index contributed by atoms with van der Waals surface area (Å²) < 4.78 is 0. The van der Waals surface area contributed by atoms with Crippen LogP contribution in [0.3, 0.4) is 0 Å². The van der Waals surface area contributed by atoms with Crippen LogP contribution in [0.2, 0.25) is 0 Å². The summed E-state index contributed by atoms with van der Waals surface area (Å²) in [5.41, 5.74) is -0.570. The lowest BCUT2D eigenvalue weighted by Crippen LogP contribution is -2.40. The number of carboxylic acids is 2. The average Bonchev–Trinajstić information content (AvgIpc) is 2.26. The highest BCUT2D eigenvalue weighted by atomic mass is 16.4. The van der Waals surface area contributed by atoms with Crippen LogP contribution in [-0.4, -0.2) is 39.6 Å². The van der Waals surface area contributed by atoms with Crippen LogP contribution in [0, 0.1) is 5.92 Å². The van der Waals surface area contributed by atoms with E-state index in [0.29, 0.717) is 12.2 Å². The molecule has 1 aliphatic rings. The van der Waals surface area contributed by atoms with E-state index >= 15 is 0 Å². The van der Waals surface area contributed by atoms with Crippen LogP contribution in [0.25, 0.3) is 0 Å². The molecule has 0 radical (unpaired) electrons. The van der Waals surface area contributed by atoms with E-state index in [1.807, 2.05) is 5.32 Å². The lowest BCUT2D eigenvalue weighted by atomic mass is 9.97. The summed E-state index contributed by atoms with van der Waals surface area (Å²) in [6.45, 7) is 0. The van der Waals surface area contributed by atoms with Gasteiger partial charge in [0, 0.05) is 6.08 Å². The van der Waals surface area contributed by atoms with Crippen molar-refractivity contribution >= 4 is 29.4 Å². The normalized spacial score (nSPS) is 19.3. The smallest absolute Gasteiger partial charge is 0.376 e. The fraction of sp³-hybridized carbons (Fsp3) is 0.100. The topological polar surface area (TPSA) is 138 Å². The minimum absolute atomic E-state index is 0.570. The number of carboxylic acid groups (broad SMARTS) is 2. The molecule has 18 heavy (non-hydrogen) atoms. The number of hydrogen-bond acceptors (Lipinski definition) is 5. The molecular weight excluding hydrogens is 246 g/mol. The molecule has 0 saturated carbocycles. The SMILES string of the molecule is O=C(O)C(=O)/C=C\C1C(=O)C=C(C(=O)O)NC1=O. The Labute approximate surface area is 99.6 Å². The van der Waals surface area contributed by atoms with Crippen molar-refractivity contribution in [2.24, 2.45) is 5.92 Å². The van der Waals surface area contributed by atoms with E-state index in [9.17, 15) is 24.0 Å². The molecule has 8 heteroatoms. The van der Waals surface area contributed by atoms with Crippen molar-refractivity contribution < 1.29 is 34.2 Å². The second kappa shape index (κ2) is 5.04. The van der Waals surface area contributed by atoms with Gasteiger partial charge in [0.1, 0.15) is 11.6 Å². The maximum absolute atomic E-state index is 11.4. The Kier molecular flexibility index (Phi) is 3.72. The molecule has 1 aliphatic heterocycles. The highest BCUT2D eigenvalue weighted by molar-refractivity contribution is 6.37. The van der Waals surface area contributed by atoms with Crippen molar-refractivity contribution in [3.05, 3.63) is 23.9 Å². The zero-order valence-electron chi connectivity index (χ0n) is 8.75. The van der Waals surface area contributed by atoms with Crippen LogP contribution in [0.15, 0.2) is 23.9 Å². The summed E-state index contributed by atoms with van der Waals surface area (Å²) in [4.78, 5) is 54.2. The molecule has 1 amide bonds. The zero-order valence-corrected chi connectivity index (χ0v) is 8.75. The van der Waals surface area contributed by atoms with Gasteiger partial charge in [0.15, 0.2) is 5.78 Å². The number of hydrogen-bond donors (Lipinski definition) is 3. The summed E-state index contributed by atoms with van der Waals surface area (Å²) in [6.07, 6.45) is 2.08. The van der Waals surface area contributed by atoms with Crippen LogP contribution in [0.1, 0.15) is 0 Å². The molecule has 0 bridgehead atoms. The first-order valence-electron chi connectivity index (χ1n) is 4.58. The van der Waals surface area contributed by atoms with Gasteiger partial charge in [-0.15, -0.1) is 0 Å². The molecule has 1 atom stereocenters. The molecule has 94 valence electrons. The molecule has 0 aromatic rings. The summed E-state index contributed by atoms with van der Waals surface area (Å²) in [5.74, 6) is -7.67. The Morgan fingerprint density at radius 2 is 1.83 bits per heavy atom. The molecule has 8 nitrogen and oxygen atoms in total. The van der Waals surface area contributed by atoms with E-state index in [2.05, 4.69) is 0 Å². The molecule has 0 saturated heterocycles. The maximum atomic E-state index is 11.4. The standard InChI is InChI=1S/C10H7NO7/c12-6(10(17)18)2-1-4-7(13)3-5(9(15)16)11-8(4)14/h1-4H,(H,11,14)(H,15,16)(H,17,18)/b2-1-. The first kappa shape index (κ1) is 13.3. The van der Waals surface area contributed by atoms with Gasteiger partial charge in [0.25, 0.3) is 5.78 Å². The monoisotopic (exact) mass is 253 g/mol. The quantitative estimate of drug-likeness (QED) is 0.314. The first-order chi connectivity index (χ1) is 8.32. The summed E-state index contributed by atoms with van der Waals surface area (Å²) in [6, 6.07) is 0. The van der Waals surface area contributed by atoms with Gasteiger partial charge >= 0.3 is 11.9 Å². The number of allylic oxidation sites excluding steroid dienone is 1. The van der Waals surface area contributed by atoms with Gasteiger partial charge in [-0.1, -0.05) is 6.08 Å². The van der Waals surface area contributed by atoms with E-state index in [0.717, 1.165) is 6.08 Å². The van der Waals surface area contributed by atoms with E-state index in [1.165, 1.54) is 0 Å². The van der Waals surface area contributed by atoms with E-state index in [1.54, 1.807) is 0 Å². The van der Waals surface area contributed by atoms with Crippen LogP contribution in [0.5, 0.6) is 0 Å². The highest BCUT2D eigenvalue weighted by Crippen LogP contribution is 2.11. The summed E-state index contributed by atoms with van der Waals surface area (Å²) >= 11 is 0. The van der Waals surface area contributed by atoms with Crippen LogP contribution < -0.4 is 5.32 Å². The number of ketones is 2. The fourth-order valence-electron chi connectivity index (χ4n) is 1.16. The molecule has 0 fully saturated rings. The van der Waals surface area contributed by atoms with E-state index in [-0.39, 0.29) is 0 Å². The molecule has 3 N–H and O–H groups in total. The molecule has 0 aliphatic carbocycles. The number of aliphatic carboxylic acids is 2. The molecule has 0 spiro atoms. The number of nitrogens with one attached hydrogen (secondary N) is 1. The van der Waals surface area contributed by atoms with Crippen LogP contribution in [-0.2, 0) is 24.0 Å². The predicted molar refractivity (Wildman–Crippen MR) is 54.1 cm³/mol. The van der Waals surface area contributed by atoms with Crippen molar-refractivity contribution in [2.75, 3.05) is 0 Å². The zero-order chi connectivity index (χ0) is 13.9. The van der Waals surface area contributed by atoms with Crippen LogP contribution >= 0.6 is 0 Å². The minimum atomic E-state index is -1.73. The van der Waals surface area contributed by atoms with Crippen molar-refractivity contribution in [1.29, 1.82) is 0 Å². The number of amides is 1. The van der Waals surface area contributed by atoms with Crippen LogP contribution in [0.4, 0.5) is 0 Å². The Morgan fingerprint density at radius 1 is 1.22 bits per heavy atom. The Morgan fingerprint density at radius 3 is 2.28 bits per heavy atom. The van der Waals surface area contributed by atoms with Gasteiger partial charge in [-0.3, -0.25) is 14.4 Å². The second-order valence-corrected chi connectivity index (χ2v) is 3.26. The molecule has 0 aromatic heterocycles. The minimum Gasteiger partial charge on any atom is -0.477 e. The van der Waals surface area contributed by atoms with Crippen molar-refractivity contribution in [3.63, 3.8) is 0 Å². The lowest BCUT2D eigenvalue weighted by Gasteiger charge is -2.16. The fourth-order valence-corrected chi connectivity index (χ4v) is 1.16. The molecule has 0 aromatic carbocycles. The molecular formula is C10H7NO7. The number of rotatable bonds is 4. The number of carbonyl (C=O) groups is 5. The van der Waals surface area contributed by atoms with Gasteiger partial charge in [-0.25, -0.2) is 9.59 Å². The number of carbonyl (C=O) groups excluding carboxylic acids is 3. The predicted octanol–water partition coefficient (Wildman–Crippen LogP) is -1.52.